The van der Waals surface area contributed by atoms with Gasteiger partial charge in [-0.15, -0.1) is 0 Å². The number of hydrogen-bond donors (Lipinski definition) is 1. The molecule has 10 heteroatoms. The smallest absolute Gasteiger partial charge is 0.220 e. The van der Waals surface area contributed by atoms with Crippen molar-refractivity contribution < 1.29 is 12.9 Å². The summed E-state index contributed by atoms with van der Waals surface area (Å²) in [6.45, 7) is 2.77. The highest BCUT2D eigenvalue weighted by molar-refractivity contribution is 7.88. The zero-order chi connectivity index (χ0) is 17.7. The van der Waals surface area contributed by atoms with Crippen LogP contribution in [0.4, 0.5) is 0 Å². The molecule has 3 rings (SSSR count). The van der Waals surface area contributed by atoms with Crippen LogP contribution < -0.4 is 5.32 Å². The van der Waals surface area contributed by atoms with Gasteiger partial charge in [-0.05, 0) is 22.4 Å². The minimum Gasteiger partial charge on any atom is -0.364 e. The summed E-state index contributed by atoms with van der Waals surface area (Å²) in [6.07, 6.45) is 1.38. The van der Waals surface area contributed by atoms with Crippen molar-refractivity contribution in [2.75, 3.05) is 33.2 Å². The van der Waals surface area contributed by atoms with E-state index in [1.165, 1.54) is 16.1 Å². The van der Waals surface area contributed by atoms with E-state index in [0.29, 0.717) is 38.4 Å². The molecular weight excluding hydrogens is 362 g/mol. The summed E-state index contributed by atoms with van der Waals surface area (Å²) in [5.41, 5.74) is 1.63. The Bertz CT molecular complexity index is 779. The molecule has 2 aromatic heterocycles. The van der Waals surface area contributed by atoms with Gasteiger partial charge < -0.3 is 14.7 Å². The van der Waals surface area contributed by atoms with Crippen LogP contribution in [-0.2, 0) is 22.3 Å². The second-order valence-electron chi connectivity index (χ2n) is 5.67. The lowest BCUT2D eigenvalue weighted by Gasteiger charge is -2.35. The molecule has 0 radical (unpaired) electrons. The van der Waals surface area contributed by atoms with Crippen LogP contribution in [-0.4, -0.2) is 62.0 Å². The number of piperazine rings is 1. The fourth-order valence-electron chi connectivity index (χ4n) is 2.67. The Hall–Kier alpha value is -1.91. The largest absolute Gasteiger partial charge is 0.364 e. The Balaban J connectivity index is 1.53. The zero-order valence-electron chi connectivity index (χ0n) is 14.0. The third-order valence-corrected chi connectivity index (χ3v) is 6.54. The number of nitrogens with zero attached hydrogens (tertiary/aromatic N) is 4. The minimum atomic E-state index is -3.38. The Morgan fingerprint density at radius 1 is 1.36 bits per heavy atom. The first kappa shape index (κ1) is 17.9. The van der Waals surface area contributed by atoms with Gasteiger partial charge in [-0.2, -0.15) is 15.6 Å². The number of aromatic nitrogens is 1. The van der Waals surface area contributed by atoms with Crippen molar-refractivity contribution in [3.05, 3.63) is 40.4 Å². The molecule has 136 valence electrons. The van der Waals surface area contributed by atoms with E-state index in [0.717, 1.165) is 5.96 Å². The third-order valence-electron chi connectivity index (χ3n) is 4.00. The lowest BCUT2D eigenvalue weighted by molar-refractivity contribution is 0.259. The van der Waals surface area contributed by atoms with E-state index in [2.05, 4.69) is 31.8 Å². The average molecular weight is 383 g/mol. The number of nitrogens with one attached hydrogen (secondary N) is 1. The first-order chi connectivity index (χ1) is 12.1. The highest BCUT2D eigenvalue weighted by Gasteiger charge is 2.28. The first-order valence-corrected chi connectivity index (χ1v) is 10.5. The normalized spacial score (nSPS) is 17.0. The molecule has 25 heavy (non-hydrogen) atoms. The number of rotatable bonds is 5. The fourth-order valence-corrected chi connectivity index (χ4v) is 4.77. The molecule has 0 amide bonds. The molecule has 0 aliphatic carbocycles. The Morgan fingerprint density at radius 3 is 2.76 bits per heavy atom. The second-order valence-corrected chi connectivity index (χ2v) is 8.41. The molecule has 3 heterocycles. The molecule has 1 aliphatic rings. The van der Waals surface area contributed by atoms with Crippen molar-refractivity contribution in [1.29, 1.82) is 0 Å². The van der Waals surface area contributed by atoms with E-state index in [-0.39, 0.29) is 5.75 Å². The maximum Gasteiger partial charge on any atom is 0.220 e. The standard InChI is InChI=1S/C15H21N5O3S2/c1-16-15(17-10-13-3-9-24-11-13)19-4-6-20(7-5-19)25(21,22)12-14-2-8-23-18-14/h2-3,8-9,11H,4-7,10,12H2,1H3,(H,16,17). The Kier molecular flexibility index (Phi) is 5.71. The van der Waals surface area contributed by atoms with Gasteiger partial charge in [-0.3, -0.25) is 4.99 Å². The van der Waals surface area contributed by atoms with Crippen molar-refractivity contribution in [1.82, 2.24) is 19.7 Å². The van der Waals surface area contributed by atoms with Crippen LogP contribution in [0.1, 0.15) is 11.3 Å². The second kappa shape index (κ2) is 7.98. The van der Waals surface area contributed by atoms with E-state index in [1.54, 1.807) is 24.5 Å². The summed E-state index contributed by atoms with van der Waals surface area (Å²) >= 11 is 1.66. The predicted octanol–water partition coefficient (Wildman–Crippen LogP) is 0.959. The van der Waals surface area contributed by atoms with Crippen LogP contribution in [0.3, 0.4) is 0 Å². The summed E-state index contributed by atoms with van der Waals surface area (Å²) in [5, 5.41) is 11.1. The predicted molar refractivity (Wildman–Crippen MR) is 96.8 cm³/mol. The average Bonchev–Trinajstić information content (AvgIpc) is 3.29. The number of guanidine groups is 1. The van der Waals surface area contributed by atoms with Gasteiger partial charge >= 0.3 is 0 Å². The van der Waals surface area contributed by atoms with Crippen LogP contribution in [0.2, 0.25) is 0 Å². The van der Waals surface area contributed by atoms with Crippen molar-refractivity contribution >= 4 is 27.3 Å². The van der Waals surface area contributed by atoms with Crippen LogP contribution in [0, 0.1) is 0 Å². The molecule has 1 aliphatic heterocycles. The molecule has 1 fully saturated rings. The topological polar surface area (TPSA) is 91.0 Å². The summed E-state index contributed by atoms with van der Waals surface area (Å²) in [5.74, 6) is 0.661. The minimum absolute atomic E-state index is 0.130. The molecule has 2 aromatic rings. The molecule has 1 N–H and O–H groups in total. The summed E-state index contributed by atoms with van der Waals surface area (Å²) < 4.78 is 31.1. The lowest BCUT2D eigenvalue weighted by atomic mass is 10.3. The molecule has 8 nitrogen and oxygen atoms in total. The van der Waals surface area contributed by atoms with Gasteiger partial charge in [0.15, 0.2) is 5.96 Å². The van der Waals surface area contributed by atoms with E-state index < -0.39 is 10.0 Å². The van der Waals surface area contributed by atoms with Crippen molar-refractivity contribution in [2.45, 2.75) is 12.3 Å². The van der Waals surface area contributed by atoms with Gasteiger partial charge in [0, 0.05) is 45.8 Å². The van der Waals surface area contributed by atoms with Crippen LogP contribution in [0.25, 0.3) is 0 Å². The maximum atomic E-state index is 12.5. The molecule has 0 atom stereocenters. The highest BCUT2D eigenvalue weighted by Crippen LogP contribution is 2.13. The number of sulfonamides is 1. The van der Waals surface area contributed by atoms with E-state index in [1.807, 2.05) is 5.38 Å². The SMILES string of the molecule is CN=C(NCc1ccsc1)N1CCN(S(=O)(=O)Cc2ccon2)CC1. The van der Waals surface area contributed by atoms with E-state index in [9.17, 15) is 8.42 Å². The van der Waals surface area contributed by atoms with Crippen molar-refractivity contribution in [3.8, 4) is 0 Å². The summed E-state index contributed by atoms with van der Waals surface area (Å²) in [6, 6.07) is 3.64. The molecular formula is C15H21N5O3S2. The molecule has 0 aromatic carbocycles. The summed E-state index contributed by atoms with van der Waals surface area (Å²) in [7, 11) is -1.64. The third kappa shape index (κ3) is 4.59. The number of thiophene rings is 1. The van der Waals surface area contributed by atoms with Gasteiger partial charge in [0.1, 0.15) is 12.0 Å². The van der Waals surface area contributed by atoms with Crippen LogP contribution >= 0.6 is 11.3 Å². The monoisotopic (exact) mass is 383 g/mol. The van der Waals surface area contributed by atoms with E-state index in [4.69, 9.17) is 4.52 Å². The van der Waals surface area contributed by atoms with Gasteiger partial charge in [-0.1, -0.05) is 5.16 Å². The van der Waals surface area contributed by atoms with Crippen LogP contribution in [0.5, 0.6) is 0 Å². The maximum absolute atomic E-state index is 12.5. The van der Waals surface area contributed by atoms with Crippen LogP contribution in [0.15, 0.2) is 38.7 Å². The molecule has 0 unspecified atom stereocenters. The Morgan fingerprint density at radius 2 is 2.16 bits per heavy atom. The molecule has 0 spiro atoms. The number of hydrogen-bond acceptors (Lipinski definition) is 6. The quantitative estimate of drug-likeness (QED) is 0.611. The van der Waals surface area contributed by atoms with E-state index >= 15 is 0 Å². The van der Waals surface area contributed by atoms with Crippen molar-refractivity contribution in [2.24, 2.45) is 4.99 Å². The number of aliphatic imine (C=N–C) groups is 1. The summed E-state index contributed by atoms with van der Waals surface area (Å²) in [4.78, 5) is 6.38. The van der Waals surface area contributed by atoms with Gasteiger partial charge in [0.25, 0.3) is 0 Å². The molecule has 0 bridgehead atoms. The fraction of sp³-hybridized carbons (Fsp3) is 0.467. The highest BCUT2D eigenvalue weighted by atomic mass is 32.2. The van der Waals surface area contributed by atoms with Crippen molar-refractivity contribution in [3.63, 3.8) is 0 Å². The molecule has 1 saturated heterocycles. The lowest BCUT2D eigenvalue weighted by Crippen LogP contribution is -2.53. The zero-order valence-corrected chi connectivity index (χ0v) is 15.6. The van der Waals surface area contributed by atoms with Gasteiger partial charge in [0.05, 0.1) is 5.69 Å². The van der Waals surface area contributed by atoms with Gasteiger partial charge in [-0.25, -0.2) is 8.42 Å². The van der Waals surface area contributed by atoms with Gasteiger partial charge in [0.2, 0.25) is 10.0 Å². The first-order valence-electron chi connectivity index (χ1n) is 7.92. The Labute approximate surface area is 151 Å². The molecule has 0 saturated carbocycles.